The number of amides is 1. The normalized spacial score (nSPS) is 10.8. The van der Waals surface area contributed by atoms with Crippen LogP contribution in [0.3, 0.4) is 0 Å². The van der Waals surface area contributed by atoms with Crippen molar-refractivity contribution in [2.75, 3.05) is 13.2 Å². The first-order valence-electron chi connectivity index (χ1n) is 9.24. The highest BCUT2D eigenvalue weighted by atomic mass is 19.1. The predicted octanol–water partition coefficient (Wildman–Crippen LogP) is 3.65. The summed E-state index contributed by atoms with van der Waals surface area (Å²) in [6, 6.07) is 5.36. The van der Waals surface area contributed by atoms with Crippen molar-refractivity contribution in [2.45, 2.75) is 34.1 Å². The zero-order valence-electron chi connectivity index (χ0n) is 16.5. The summed E-state index contributed by atoms with van der Waals surface area (Å²) in [5.74, 6) is -2.24. The fraction of sp³-hybridized carbons (Fsp3) is 0.381. The van der Waals surface area contributed by atoms with Gasteiger partial charge in [0.1, 0.15) is 11.5 Å². The maximum absolute atomic E-state index is 13.3. The summed E-state index contributed by atoms with van der Waals surface area (Å²) < 4.78 is 18.4. The molecule has 0 saturated carbocycles. The molecule has 1 amide bonds. The van der Waals surface area contributed by atoms with Crippen LogP contribution in [0.1, 0.15) is 53.7 Å². The first-order chi connectivity index (χ1) is 13.3. The first-order valence-corrected chi connectivity index (χ1v) is 9.24. The molecule has 0 atom stereocenters. The molecule has 2 rings (SSSR count). The van der Waals surface area contributed by atoms with Crippen molar-refractivity contribution < 1.29 is 23.5 Å². The number of aromatic amines is 1. The summed E-state index contributed by atoms with van der Waals surface area (Å²) >= 11 is 0. The minimum Gasteiger partial charge on any atom is -0.462 e. The van der Waals surface area contributed by atoms with Gasteiger partial charge in [0.15, 0.2) is 0 Å². The Kier molecular flexibility index (Phi) is 7.09. The van der Waals surface area contributed by atoms with Gasteiger partial charge < -0.3 is 15.0 Å². The van der Waals surface area contributed by atoms with Crippen LogP contribution < -0.4 is 5.32 Å². The van der Waals surface area contributed by atoms with Crippen LogP contribution in [0.4, 0.5) is 4.39 Å². The van der Waals surface area contributed by atoms with Gasteiger partial charge in [0.25, 0.3) is 11.7 Å². The van der Waals surface area contributed by atoms with E-state index in [0.717, 1.165) is 6.42 Å². The van der Waals surface area contributed by atoms with E-state index < -0.39 is 23.5 Å². The average Bonchev–Trinajstić information content (AvgIpc) is 2.98. The molecule has 1 aromatic heterocycles. The number of ketones is 1. The first kappa shape index (κ1) is 21.3. The molecule has 1 heterocycles. The Balaban J connectivity index is 2.47. The standard InChI is InChI=1S/C21H25FN2O4/c1-5-28-21(27)16-13(4)24-18(17(16)14-6-8-15(22)9-7-14)19(25)20(26)23-11-10-12(2)3/h6-9,12,24H,5,10-11H2,1-4H3,(H,23,26). The Hall–Kier alpha value is -2.96. The second-order valence-electron chi connectivity index (χ2n) is 6.87. The molecular formula is C21H25FN2O4. The molecule has 0 aliphatic carbocycles. The smallest absolute Gasteiger partial charge is 0.340 e. The van der Waals surface area contributed by atoms with Crippen molar-refractivity contribution in [1.82, 2.24) is 10.3 Å². The Labute approximate surface area is 163 Å². The lowest BCUT2D eigenvalue weighted by molar-refractivity contribution is -0.117. The van der Waals surface area contributed by atoms with Crippen LogP contribution in [0.5, 0.6) is 0 Å². The number of aromatic nitrogens is 1. The number of Topliss-reactive ketones (excluding diaryl/α,β-unsaturated/α-hetero) is 1. The number of rotatable bonds is 8. The van der Waals surface area contributed by atoms with E-state index in [1.54, 1.807) is 13.8 Å². The molecule has 0 saturated heterocycles. The van der Waals surface area contributed by atoms with Crippen molar-refractivity contribution in [3.63, 3.8) is 0 Å². The number of aryl methyl sites for hydroxylation is 1. The topological polar surface area (TPSA) is 88.3 Å². The molecule has 0 fully saturated rings. The van der Waals surface area contributed by atoms with Crippen LogP contribution in [0.25, 0.3) is 11.1 Å². The molecule has 2 N–H and O–H groups in total. The van der Waals surface area contributed by atoms with Gasteiger partial charge in [-0.1, -0.05) is 26.0 Å². The SMILES string of the molecule is CCOC(=O)c1c(C)[nH]c(C(=O)C(=O)NCCC(C)C)c1-c1ccc(F)cc1. The predicted molar refractivity (Wildman–Crippen MR) is 104 cm³/mol. The molecule has 7 heteroatoms. The monoisotopic (exact) mass is 388 g/mol. The second kappa shape index (κ2) is 9.30. The minimum atomic E-state index is -0.790. The minimum absolute atomic E-state index is 0.0193. The van der Waals surface area contributed by atoms with Gasteiger partial charge in [-0.25, -0.2) is 9.18 Å². The van der Waals surface area contributed by atoms with Crippen molar-refractivity contribution >= 4 is 17.7 Å². The Morgan fingerprint density at radius 3 is 2.39 bits per heavy atom. The molecule has 0 radical (unpaired) electrons. The summed E-state index contributed by atoms with van der Waals surface area (Å²) in [6.45, 7) is 7.85. The summed E-state index contributed by atoms with van der Waals surface area (Å²) in [7, 11) is 0. The second-order valence-corrected chi connectivity index (χ2v) is 6.87. The lowest BCUT2D eigenvalue weighted by Gasteiger charge is -2.09. The highest BCUT2D eigenvalue weighted by Crippen LogP contribution is 2.31. The van der Waals surface area contributed by atoms with E-state index in [0.29, 0.717) is 23.7 Å². The number of halogens is 1. The van der Waals surface area contributed by atoms with E-state index in [1.165, 1.54) is 24.3 Å². The lowest BCUT2D eigenvalue weighted by Crippen LogP contribution is -2.32. The number of carbonyl (C=O) groups excluding carboxylic acids is 3. The number of benzene rings is 1. The molecule has 0 bridgehead atoms. The van der Waals surface area contributed by atoms with E-state index in [2.05, 4.69) is 10.3 Å². The maximum Gasteiger partial charge on any atom is 0.340 e. The summed E-state index contributed by atoms with van der Waals surface area (Å²) in [5, 5.41) is 2.60. The maximum atomic E-state index is 13.3. The van der Waals surface area contributed by atoms with Crippen LogP contribution in [0.15, 0.2) is 24.3 Å². The van der Waals surface area contributed by atoms with Crippen LogP contribution >= 0.6 is 0 Å². The largest absolute Gasteiger partial charge is 0.462 e. The third kappa shape index (κ3) is 4.85. The van der Waals surface area contributed by atoms with Crippen molar-refractivity contribution in [2.24, 2.45) is 5.92 Å². The zero-order chi connectivity index (χ0) is 20.8. The van der Waals surface area contributed by atoms with Gasteiger partial charge in [-0.3, -0.25) is 9.59 Å². The molecule has 0 aliphatic heterocycles. The van der Waals surface area contributed by atoms with Gasteiger partial charge in [-0.2, -0.15) is 0 Å². The van der Waals surface area contributed by atoms with Gasteiger partial charge in [-0.15, -0.1) is 0 Å². The van der Waals surface area contributed by atoms with Crippen LogP contribution in [-0.4, -0.2) is 35.8 Å². The molecule has 2 aromatic rings. The quantitative estimate of drug-likeness (QED) is 0.410. The zero-order valence-corrected chi connectivity index (χ0v) is 16.5. The summed E-state index contributed by atoms with van der Waals surface area (Å²) in [4.78, 5) is 40.4. The highest BCUT2D eigenvalue weighted by molar-refractivity contribution is 6.43. The van der Waals surface area contributed by atoms with E-state index in [-0.39, 0.29) is 23.4 Å². The van der Waals surface area contributed by atoms with Gasteiger partial charge in [0.2, 0.25) is 0 Å². The molecule has 28 heavy (non-hydrogen) atoms. The third-order valence-corrected chi connectivity index (χ3v) is 4.24. The molecule has 0 aliphatic rings. The van der Waals surface area contributed by atoms with Crippen molar-refractivity contribution in [3.8, 4) is 11.1 Å². The van der Waals surface area contributed by atoms with Crippen LogP contribution in [-0.2, 0) is 9.53 Å². The van der Waals surface area contributed by atoms with E-state index >= 15 is 0 Å². The fourth-order valence-corrected chi connectivity index (χ4v) is 2.83. The average molecular weight is 388 g/mol. The van der Waals surface area contributed by atoms with E-state index in [4.69, 9.17) is 4.74 Å². The van der Waals surface area contributed by atoms with Crippen molar-refractivity contribution in [3.05, 3.63) is 47.0 Å². The number of esters is 1. The third-order valence-electron chi connectivity index (χ3n) is 4.24. The molecule has 1 aromatic carbocycles. The number of nitrogens with one attached hydrogen (secondary N) is 2. The molecular weight excluding hydrogens is 363 g/mol. The Morgan fingerprint density at radius 2 is 1.82 bits per heavy atom. The highest BCUT2D eigenvalue weighted by Gasteiger charge is 2.29. The molecule has 0 unspecified atom stereocenters. The summed E-state index contributed by atoms with van der Waals surface area (Å²) in [5.41, 5.74) is 1.21. The molecule has 150 valence electrons. The van der Waals surface area contributed by atoms with Crippen molar-refractivity contribution in [1.29, 1.82) is 0 Å². The van der Waals surface area contributed by atoms with Crippen LogP contribution in [0, 0.1) is 18.7 Å². The number of H-pyrrole nitrogens is 1. The lowest BCUT2D eigenvalue weighted by atomic mass is 9.98. The van der Waals surface area contributed by atoms with Crippen LogP contribution in [0.2, 0.25) is 0 Å². The van der Waals surface area contributed by atoms with Gasteiger partial charge in [0.05, 0.1) is 12.2 Å². The number of hydrogen-bond acceptors (Lipinski definition) is 4. The molecule has 6 nitrogen and oxygen atoms in total. The number of ether oxygens (including phenoxy) is 1. The number of carbonyl (C=O) groups is 3. The Bertz CT molecular complexity index is 869. The van der Waals surface area contributed by atoms with E-state index in [9.17, 15) is 18.8 Å². The molecule has 0 spiro atoms. The van der Waals surface area contributed by atoms with Gasteiger partial charge in [0, 0.05) is 17.8 Å². The van der Waals surface area contributed by atoms with E-state index in [1.807, 2.05) is 13.8 Å². The summed E-state index contributed by atoms with van der Waals surface area (Å²) in [6.07, 6.45) is 0.738. The Morgan fingerprint density at radius 1 is 1.18 bits per heavy atom. The van der Waals surface area contributed by atoms with Gasteiger partial charge in [-0.05, 0) is 43.9 Å². The van der Waals surface area contributed by atoms with Gasteiger partial charge >= 0.3 is 5.97 Å². The number of hydrogen-bond donors (Lipinski definition) is 2. The fourth-order valence-electron chi connectivity index (χ4n) is 2.83.